The molecule has 0 aliphatic heterocycles. The zero-order valence-electron chi connectivity index (χ0n) is 12.0. The van der Waals surface area contributed by atoms with E-state index in [0.29, 0.717) is 45.4 Å². The Labute approximate surface area is 116 Å². The van der Waals surface area contributed by atoms with E-state index in [1.54, 1.807) is 7.11 Å². The first kappa shape index (κ1) is 18.8. The summed E-state index contributed by atoms with van der Waals surface area (Å²) in [6.07, 6.45) is 2.30. The summed E-state index contributed by atoms with van der Waals surface area (Å²) in [5.41, 5.74) is 0. The molecule has 19 heavy (non-hydrogen) atoms. The molecule has 0 bridgehead atoms. The van der Waals surface area contributed by atoms with Gasteiger partial charge in [0.15, 0.2) is 0 Å². The summed E-state index contributed by atoms with van der Waals surface area (Å²) in [6, 6.07) is 0. The minimum atomic E-state index is -3.34. The Bertz CT molecular complexity index is 294. The maximum atomic E-state index is 10.8. The molecule has 6 nitrogen and oxygen atoms in total. The van der Waals surface area contributed by atoms with Gasteiger partial charge in [-0.1, -0.05) is 6.92 Å². The molecule has 0 aliphatic carbocycles. The summed E-state index contributed by atoms with van der Waals surface area (Å²) in [6.45, 7) is 5.15. The third-order valence-electron chi connectivity index (χ3n) is 2.66. The van der Waals surface area contributed by atoms with Crippen LogP contribution >= 0.6 is 0 Å². The van der Waals surface area contributed by atoms with E-state index in [2.05, 4.69) is 0 Å². The molecule has 2 N–H and O–H groups in total. The van der Waals surface area contributed by atoms with Crippen LogP contribution in [0.5, 0.6) is 0 Å². The van der Waals surface area contributed by atoms with Crippen molar-refractivity contribution in [3.63, 3.8) is 0 Å². The van der Waals surface area contributed by atoms with Crippen molar-refractivity contribution in [2.75, 3.05) is 45.9 Å². The Balaban J connectivity index is 3.25. The van der Waals surface area contributed by atoms with Crippen LogP contribution in [0.15, 0.2) is 0 Å². The van der Waals surface area contributed by atoms with Crippen molar-refractivity contribution < 1.29 is 22.6 Å². The fraction of sp³-hybridized carbons (Fsp3) is 1.00. The number of methoxy groups -OCH3 is 1. The van der Waals surface area contributed by atoms with Crippen LogP contribution in [0.4, 0.5) is 0 Å². The quantitative estimate of drug-likeness (QED) is 0.507. The van der Waals surface area contributed by atoms with E-state index < -0.39 is 10.0 Å². The molecule has 0 aromatic rings. The molecule has 7 heteroatoms. The molecule has 1 atom stereocenters. The van der Waals surface area contributed by atoms with Crippen molar-refractivity contribution in [2.45, 2.75) is 26.2 Å². The van der Waals surface area contributed by atoms with Crippen LogP contribution in [0.25, 0.3) is 0 Å². The van der Waals surface area contributed by atoms with Gasteiger partial charge in [-0.2, -0.15) is 0 Å². The van der Waals surface area contributed by atoms with Crippen molar-refractivity contribution in [3.05, 3.63) is 0 Å². The van der Waals surface area contributed by atoms with Gasteiger partial charge in [0.25, 0.3) is 0 Å². The van der Waals surface area contributed by atoms with Crippen molar-refractivity contribution in [3.8, 4) is 0 Å². The van der Waals surface area contributed by atoms with Gasteiger partial charge in [0, 0.05) is 26.9 Å². The molecular formula is C12H27NO5S. The lowest BCUT2D eigenvalue weighted by Crippen LogP contribution is -2.18. The SMILES string of the molecule is COCCCOCCOCCC(C)CCS(N)(=O)=O. The topological polar surface area (TPSA) is 87.8 Å². The van der Waals surface area contributed by atoms with Crippen LogP contribution in [0.2, 0.25) is 0 Å². The first-order valence-electron chi connectivity index (χ1n) is 6.60. The van der Waals surface area contributed by atoms with Crippen molar-refractivity contribution >= 4 is 10.0 Å². The van der Waals surface area contributed by atoms with E-state index in [-0.39, 0.29) is 5.75 Å². The smallest absolute Gasteiger partial charge is 0.209 e. The predicted octanol–water partition coefficient (Wildman–Crippen LogP) is 0.761. The van der Waals surface area contributed by atoms with Gasteiger partial charge in [0.2, 0.25) is 10.0 Å². The summed E-state index contributed by atoms with van der Waals surface area (Å²) in [5, 5.41) is 4.94. The molecule has 0 heterocycles. The monoisotopic (exact) mass is 297 g/mol. The third-order valence-corrected chi connectivity index (χ3v) is 3.46. The summed E-state index contributed by atoms with van der Waals surface area (Å²) in [5.74, 6) is 0.331. The Morgan fingerprint density at radius 2 is 1.63 bits per heavy atom. The molecule has 1 unspecified atom stereocenters. The zero-order chi connectivity index (χ0) is 14.6. The van der Waals surface area contributed by atoms with Crippen LogP contribution in [0, 0.1) is 5.92 Å². The number of hydrogen-bond acceptors (Lipinski definition) is 5. The van der Waals surface area contributed by atoms with Gasteiger partial charge in [0.1, 0.15) is 0 Å². The van der Waals surface area contributed by atoms with Crippen molar-refractivity contribution in [2.24, 2.45) is 11.1 Å². The molecule has 116 valence electrons. The number of ether oxygens (including phenoxy) is 3. The van der Waals surface area contributed by atoms with E-state index in [1.165, 1.54) is 0 Å². The first-order chi connectivity index (χ1) is 8.95. The van der Waals surface area contributed by atoms with Crippen LogP contribution in [-0.4, -0.2) is 54.3 Å². The number of primary sulfonamides is 1. The molecule has 0 aliphatic rings. The average molecular weight is 297 g/mol. The largest absolute Gasteiger partial charge is 0.385 e. The summed E-state index contributed by atoms with van der Waals surface area (Å²) >= 11 is 0. The fourth-order valence-electron chi connectivity index (χ4n) is 1.42. The third kappa shape index (κ3) is 15.7. The molecule has 0 amide bonds. The predicted molar refractivity (Wildman–Crippen MR) is 74.5 cm³/mol. The lowest BCUT2D eigenvalue weighted by molar-refractivity contribution is 0.0362. The molecule has 0 saturated carbocycles. The number of sulfonamides is 1. The molecule has 0 radical (unpaired) electrons. The molecule has 0 rings (SSSR count). The summed E-state index contributed by atoms with van der Waals surface area (Å²) in [4.78, 5) is 0. The van der Waals surface area contributed by atoms with Gasteiger partial charge < -0.3 is 14.2 Å². The van der Waals surface area contributed by atoms with E-state index >= 15 is 0 Å². The Morgan fingerprint density at radius 3 is 2.21 bits per heavy atom. The standard InChI is InChI=1S/C12H27NO5S/c1-12(5-11-19(13,14)15)4-8-18-10-9-17-7-3-6-16-2/h12H,3-11H2,1-2H3,(H2,13,14,15). The van der Waals surface area contributed by atoms with Crippen LogP contribution < -0.4 is 5.14 Å². The highest BCUT2D eigenvalue weighted by atomic mass is 32.2. The highest BCUT2D eigenvalue weighted by Gasteiger charge is 2.08. The normalized spacial score (nSPS) is 13.6. The fourth-order valence-corrected chi connectivity index (χ4v) is 2.15. The molecule has 0 saturated heterocycles. The van der Waals surface area contributed by atoms with E-state index in [1.807, 2.05) is 6.92 Å². The first-order valence-corrected chi connectivity index (χ1v) is 8.32. The van der Waals surface area contributed by atoms with Gasteiger partial charge >= 0.3 is 0 Å². The highest BCUT2D eigenvalue weighted by Crippen LogP contribution is 2.08. The van der Waals surface area contributed by atoms with Crippen molar-refractivity contribution in [1.82, 2.24) is 0 Å². The lowest BCUT2D eigenvalue weighted by Gasteiger charge is -2.11. The zero-order valence-corrected chi connectivity index (χ0v) is 12.8. The summed E-state index contributed by atoms with van der Waals surface area (Å²) < 4.78 is 37.2. The van der Waals surface area contributed by atoms with Crippen LogP contribution in [-0.2, 0) is 24.2 Å². The van der Waals surface area contributed by atoms with Crippen LogP contribution in [0.1, 0.15) is 26.2 Å². The minimum absolute atomic E-state index is 0.0385. The van der Waals surface area contributed by atoms with E-state index in [9.17, 15) is 8.42 Å². The molecule has 0 aromatic heterocycles. The van der Waals surface area contributed by atoms with E-state index in [0.717, 1.165) is 12.8 Å². The van der Waals surface area contributed by atoms with Gasteiger partial charge in [-0.3, -0.25) is 0 Å². The minimum Gasteiger partial charge on any atom is -0.385 e. The lowest BCUT2D eigenvalue weighted by atomic mass is 10.1. The molecule has 0 aromatic carbocycles. The van der Waals surface area contributed by atoms with Crippen molar-refractivity contribution in [1.29, 1.82) is 0 Å². The van der Waals surface area contributed by atoms with E-state index in [4.69, 9.17) is 19.3 Å². The Morgan fingerprint density at radius 1 is 1.00 bits per heavy atom. The number of rotatable bonds is 13. The van der Waals surface area contributed by atoms with Gasteiger partial charge in [-0.25, -0.2) is 13.6 Å². The maximum Gasteiger partial charge on any atom is 0.209 e. The summed E-state index contributed by atoms with van der Waals surface area (Å²) in [7, 11) is -1.67. The average Bonchev–Trinajstić information content (AvgIpc) is 2.33. The van der Waals surface area contributed by atoms with Gasteiger partial charge in [-0.15, -0.1) is 0 Å². The maximum absolute atomic E-state index is 10.8. The molecule has 0 fully saturated rings. The highest BCUT2D eigenvalue weighted by molar-refractivity contribution is 7.89. The number of hydrogen-bond donors (Lipinski definition) is 1. The second kappa shape index (κ2) is 11.6. The van der Waals surface area contributed by atoms with Gasteiger partial charge in [0.05, 0.1) is 19.0 Å². The second-order valence-electron chi connectivity index (χ2n) is 4.62. The number of nitrogens with two attached hydrogens (primary N) is 1. The molecular weight excluding hydrogens is 270 g/mol. The second-order valence-corrected chi connectivity index (χ2v) is 6.35. The van der Waals surface area contributed by atoms with Crippen LogP contribution in [0.3, 0.4) is 0 Å². The molecule has 0 spiro atoms. The van der Waals surface area contributed by atoms with Gasteiger partial charge in [-0.05, 0) is 25.2 Å². The Kier molecular flexibility index (Phi) is 11.5. The Hall–Kier alpha value is -0.210.